The van der Waals surface area contributed by atoms with E-state index in [2.05, 4.69) is 15.9 Å². The summed E-state index contributed by atoms with van der Waals surface area (Å²) in [6, 6.07) is 7.80. The number of benzene rings is 2. The molecule has 114 valence electrons. The van der Waals surface area contributed by atoms with Gasteiger partial charge in [0.25, 0.3) is 0 Å². The van der Waals surface area contributed by atoms with Gasteiger partial charge in [0, 0.05) is 15.1 Å². The summed E-state index contributed by atoms with van der Waals surface area (Å²) in [5.41, 5.74) is 0.948. The van der Waals surface area contributed by atoms with Gasteiger partial charge in [-0.05, 0) is 48.0 Å². The molecule has 0 bridgehead atoms. The van der Waals surface area contributed by atoms with E-state index in [-0.39, 0.29) is 11.5 Å². The highest BCUT2D eigenvalue weighted by Crippen LogP contribution is 2.33. The number of ketones is 1. The van der Waals surface area contributed by atoms with Crippen LogP contribution in [0.1, 0.15) is 15.9 Å². The van der Waals surface area contributed by atoms with E-state index < -0.39 is 0 Å². The van der Waals surface area contributed by atoms with Crippen molar-refractivity contribution in [2.45, 2.75) is 0 Å². The summed E-state index contributed by atoms with van der Waals surface area (Å²) in [5.74, 6) is 0.0431. The third kappa shape index (κ3) is 3.83. The van der Waals surface area contributed by atoms with Crippen molar-refractivity contribution < 1.29 is 14.6 Å². The van der Waals surface area contributed by atoms with Gasteiger partial charge in [0.2, 0.25) is 0 Å². The summed E-state index contributed by atoms with van der Waals surface area (Å²) in [7, 11) is 1.46. The molecule has 0 amide bonds. The van der Waals surface area contributed by atoms with Crippen LogP contribution >= 0.6 is 39.1 Å². The molecule has 0 spiro atoms. The Labute approximate surface area is 146 Å². The molecule has 6 heteroatoms. The van der Waals surface area contributed by atoms with Gasteiger partial charge in [-0.1, -0.05) is 39.1 Å². The van der Waals surface area contributed by atoms with E-state index in [4.69, 9.17) is 27.9 Å². The Morgan fingerprint density at radius 2 is 2.00 bits per heavy atom. The third-order valence-electron chi connectivity index (χ3n) is 2.91. The van der Waals surface area contributed by atoms with Crippen molar-refractivity contribution in [2.24, 2.45) is 0 Å². The molecule has 1 N–H and O–H groups in total. The van der Waals surface area contributed by atoms with Crippen molar-refractivity contribution in [1.82, 2.24) is 0 Å². The van der Waals surface area contributed by atoms with E-state index in [1.54, 1.807) is 24.3 Å². The highest BCUT2D eigenvalue weighted by atomic mass is 79.9. The number of methoxy groups -OCH3 is 1. The van der Waals surface area contributed by atoms with E-state index in [0.29, 0.717) is 31.4 Å². The topological polar surface area (TPSA) is 46.5 Å². The molecule has 0 aromatic heterocycles. The Hall–Kier alpha value is -1.49. The largest absolute Gasteiger partial charge is 0.504 e. The molecule has 0 aliphatic heterocycles. The summed E-state index contributed by atoms with van der Waals surface area (Å²) >= 11 is 15.2. The third-order valence-corrected chi connectivity index (χ3v) is 4.16. The zero-order valence-electron chi connectivity index (χ0n) is 11.4. The maximum absolute atomic E-state index is 12.2. The van der Waals surface area contributed by atoms with Crippen LogP contribution in [0.4, 0.5) is 0 Å². The molecular weight excluding hydrogens is 391 g/mol. The highest BCUT2D eigenvalue weighted by Gasteiger charge is 2.10. The molecular formula is C16H11BrCl2O3. The molecule has 2 rings (SSSR count). The monoisotopic (exact) mass is 400 g/mol. The lowest BCUT2D eigenvalue weighted by atomic mass is 10.1. The number of phenolic OH excluding ortho intramolecular Hbond substituents is 1. The first-order valence-electron chi connectivity index (χ1n) is 6.16. The Kier molecular flexibility index (Phi) is 5.51. The Morgan fingerprint density at radius 3 is 2.68 bits per heavy atom. The number of halogens is 3. The predicted octanol–water partition coefficient (Wildman–Crippen LogP) is 5.37. The fraction of sp³-hybridized carbons (Fsp3) is 0.0625. The molecule has 0 heterocycles. The first-order chi connectivity index (χ1) is 10.4. The molecule has 22 heavy (non-hydrogen) atoms. The molecule has 0 saturated carbocycles. The van der Waals surface area contributed by atoms with Crippen molar-refractivity contribution in [2.75, 3.05) is 7.11 Å². The fourth-order valence-electron chi connectivity index (χ4n) is 1.79. The minimum atomic E-state index is -0.283. The second-order valence-electron chi connectivity index (χ2n) is 4.37. The molecule has 0 aliphatic carbocycles. The van der Waals surface area contributed by atoms with Crippen LogP contribution in [-0.2, 0) is 0 Å². The highest BCUT2D eigenvalue weighted by molar-refractivity contribution is 9.10. The smallest absolute Gasteiger partial charge is 0.187 e. The van der Waals surface area contributed by atoms with Gasteiger partial charge in [-0.2, -0.15) is 0 Å². The maximum Gasteiger partial charge on any atom is 0.187 e. The zero-order chi connectivity index (χ0) is 16.3. The van der Waals surface area contributed by atoms with Crippen LogP contribution in [0.15, 0.2) is 40.9 Å². The fourth-order valence-corrected chi connectivity index (χ4v) is 2.63. The quantitative estimate of drug-likeness (QED) is 0.553. The van der Waals surface area contributed by atoms with Crippen LogP contribution in [0.25, 0.3) is 6.08 Å². The number of carbonyl (C=O) groups excluding carboxylic acids is 1. The average molecular weight is 402 g/mol. The van der Waals surface area contributed by atoms with Crippen molar-refractivity contribution in [3.05, 3.63) is 62.1 Å². The maximum atomic E-state index is 12.2. The van der Waals surface area contributed by atoms with Crippen LogP contribution in [0.3, 0.4) is 0 Å². The number of aromatic hydroxyl groups is 1. The molecule has 2 aromatic rings. The summed E-state index contributed by atoms with van der Waals surface area (Å²) in [4.78, 5) is 12.2. The normalized spacial score (nSPS) is 10.9. The molecule has 0 fully saturated rings. The molecule has 2 aromatic carbocycles. The van der Waals surface area contributed by atoms with Gasteiger partial charge in [-0.25, -0.2) is 0 Å². The Bertz CT molecular complexity index is 757. The number of phenols is 1. The van der Waals surface area contributed by atoms with E-state index >= 15 is 0 Å². The second-order valence-corrected chi connectivity index (χ2v) is 6.07. The zero-order valence-corrected chi connectivity index (χ0v) is 14.5. The van der Waals surface area contributed by atoms with Gasteiger partial charge in [0.15, 0.2) is 17.3 Å². The van der Waals surface area contributed by atoms with Crippen LogP contribution in [0.2, 0.25) is 10.0 Å². The van der Waals surface area contributed by atoms with Crippen molar-refractivity contribution >= 4 is 51.0 Å². The number of hydrogen-bond donors (Lipinski definition) is 1. The van der Waals surface area contributed by atoms with Gasteiger partial charge in [-0.15, -0.1) is 0 Å². The molecule has 0 radical (unpaired) electrons. The van der Waals surface area contributed by atoms with E-state index in [0.717, 1.165) is 0 Å². The first kappa shape index (κ1) is 16.9. The van der Waals surface area contributed by atoms with E-state index in [1.165, 1.54) is 25.3 Å². The van der Waals surface area contributed by atoms with Crippen molar-refractivity contribution in [3.8, 4) is 11.5 Å². The van der Waals surface area contributed by atoms with E-state index in [9.17, 15) is 9.90 Å². The number of ether oxygens (including phenoxy) is 1. The lowest BCUT2D eigenvalue weighted by Crippen LogP contribution is -1.95. The van der Waals surface area contributed by atoms with E-state index in [1.807, 2.05) is 0 Å². The van der Waals surface area contributed by atoms with Gasteiger partial charge in [0.1, 0.15) is 0 Å². The number of hydrogen-bond acceptors (Lipinski definition) is 3. The van der Waals surface area contributed by atoms with Gasteiger partial charge in [-0.3, -0.25) is 4.79 Å². The van der Waals surface area contributed by atoms with Crippen molar-refractivity contribution in [1.29, 1.82) is 0 Å². The minimum Gasteiger partial charge on any atom is -0.504 e. The number of allylic oxidation sites excluding steroid dienone is 1. The summed E-state index contributed by atoms with van der Waals surface area (Å²) < 4.78 is 5.69. The lowest BCUT2D eigenvalue weighted by Gasteiger charge is -2.06. The Morgan fingerprint density at radius 1 is 1.27 bits per heavy atom. The minimum absolute atomic E-state index is 0.0152. The molecule has 0 atom stereocenters. The number of carbonyl (C=O) groups is 1. The molecule has 0 saturated heterocycles. The van der Waals surface area contributed by atoms with Gasteiger partial charge < -0.3 is 9.84 Å². The molecule has 3 nitrogen and oxygen atoms in total. The molecule has 0 aliphatic rings. The van der Waals surface area contributed by atoms with Crippen molar-refractivity contribution in [3.63, 3.8) is 0 Å². The molecule has 0 unspecified atom stereocenters. The van der Waals surface area contributed by atoms with Crippen LogP contribution < -0.4 is 4.74 Å². The van der Waals surface area contributed by atoms with Crippen LogP contribution in [0, 0.1) is 0 Å². The Balaban J connectivity index is 2.30. The van der Waals surface area contributed by atoms with Crippen LogP contribution in [-0.4, -0.2) is 18.0 Å². The van der Waals surface area contributed by atoms with Gasteiger partial charge in [0.05, 0.1) is 12.1 Å². The summed E-state index contributed by atoms with van der Waals surface area (Å²) in [5, 5.41) is 10.5. The predicted molar refractivity (Wildman–Crippen MR) is 92.2 cm³/mol. The first-order valence-corrected chi connectivity index (χ1v) is 7.71. The average Bonchev–Trinajstić information content (AvgIpc) is 2.49. The number of rotatable bonds is 4. The summed E-state index contributed by atoms with van der Waals surface area (Å²) in [6.07, 6.45) is 2.94. The lowest BCUT2D eigenvalue weighted by molar-refractivity contribution is 0.104. The van der Waals surface area contributed by atoms with Gasteiger partial charge >= 0.3 is 0 Å². The standard InChI is InChI=1S/C16H11BrCl2O3/c1-22-16-8-12(17)9(6-15(16)21)2-5-14(20)11-7-10(18)3-4-13(11)19/h2-8,21H,1H3/b5-2+. The van der Waals surface area contributed by atoms with Crippen LogP contribution in [0.5, 0.6) is 11.5 Å². The SMILES string of the molecule is COc1cc(Br)c(/C=C/C(=O)c2cc(Cl)ccc2Cl)cc1O. The second kappa shape index (κ2) is 7.18. The summed E-state index contributed by atoms with van der Waals surface area (Å²) in [6.45, 7) is 0.